The Balaban J connectivity index is 2.38. The van der Waals surface area contributed by atoms with Crippen LogP contribution in [0.4, 0.5) is 0 Å². The van der Waals surface area contributed by atoms with Gasteiger partial charge in [-0.3, -0.25) is 4.79 Å². The van der Waals surface area contributed by atoms with Gasteiger partial charge in [-0.15, -0.1) is 11.8 Å². The number of benzene rings is 1. The molecule has 2 nitrogen and oxygen atoms in total. The number of hydrogen-bond acceptors (Lipinski definition) is 3. The van der Waals surface area contributed by atoms with Gasteiger partial charge in [-0.1, -0.05) is 12.1 Å². The molecule has 0 bridgehead atoms. The highest BCUT2D eigenvalue weighted by Crippen LogP contribution is 2.36. The van der Waals surface area contributed by atoms with E-state index in [1.54, 1.807) is 11.8 Å². The molecule has 0 saturated heterocycles. The molecule has 1 aliphatic rings. The van der Waals surface area contributed by atoms with Crippen LogP contribution >= 0.6 is 11.8 Å². The standard InChI is InChI=1S/C14H16O2S/c1-9-12(16-14(2,3)13(9)15)10-5-7-11(17-4)8-6-10/h5-8H,1-4H3. The lowest BCUT2D eigenvalue weighted by Gasteiger charge is -2.18. The molecule has 0 atom stereocenters. The highest BCUT2D eigenvalue weighted by Gasteiger charge is 2.39. The molecule has 90 valence electrons. The summed E-state index contributed by atoms with van der Waals surface area (Å²) in [5, 5.41) is 0. The van der Waals surface area contributed by atoms with Crippen LogP contribution in [0.1, 0.15) is 26.3 Å². The van der Waals surface area contributed by atoms with Gasteiger partial charge in [0.05, 0.1) is 0 Å². The molecule has 1 heterocycles. The summed E-state index contributed by atoms with van der Waals surface area (Å²) < 4.78 is 5.76. The highest BCUT2D eigenvalue weighted by atomic mass is 32.2. The molecule has 0 aromatic heterocycles. The fraction of sp³-hybridized carbons (Fsp3) is 0.357. The Morgan fingerprint density at radius 2 is 1.76 bits per heavy atom. The first kappa shape index (κ1) is 12.2. The fourth-order valence-electron chi connectivity index (χ4n) is 1.95. The van der Waals surface area contributed by atoms with Crippen molar-refractivity contribution in [3.8, 4) is 0 Å². The zero-order chi connectivity index (χ0) is 12.6. The van der Waals surface area contributed by atoms with Crippen molar-refractivity contribution in [3.63, 3.8) is 0 Å². The van der Waals surface area contributed by atoms with Crippen LogP contribution in [0.5, 0.6) is 0 Å². The number of rotatable bonds is 2. The molecule has 0 unspecified atom stereocenters. The third-order valence-corrected chi connectivity index (χ3v) is 3.68. The zero-order valence-electron chi connectivity index (χ0n) is 10.5. The van der Waals surface area contributed by atoms with Gasteiger partial charge in [0.25, 0.3) is 0 Å². The third-order valence-electron chi connectivity index (χ3n) is 2.94. The molecule has 1 aliphatic heterocycles. The van der Waals surface area contributed by atoms with Crippen molar-refractivity contribution in [2.24, 2.45) is 0 Å². The lowest BCUT2D eigenvalue weighted by atomic mass is 9.99. The second kappa shape index (κ2) is 4.22. The lowest BCUT2D eigenvalue weighted by Crippen LogP contribution is -2.28. The molecular formula is C14H16O2S. The van der Waals surface area contributed by atoms with E-state index in [1.807, 2.05) is 51.3 Å². The molecule has 3 heteroatoms. The largest absolute Gasteiger partial charge is 0.479 e. The van der Waals surface area contributed by atoms with Crippen molar-refractivity contribution in [1.29, 1.82) is 0 Å². The number of ketones is 1. The molecule has 0 fully saturated rings. The number of thioether (sulfide) groups is 1. The molecule has 2 rings (SSSR count). The van der Waals surface area contributed by atoms with Gasteiger partial charge in [-0.2, -0.15) is 0 Å². The van der Waals surface area contributed by atoms with Gasteiger partial charge in [0.2, 0.25) is 5.78 Å². The summed E-state index contributed by atoms with van der Waals surface area (Å²) in [5.41, 5.74) is 0.962. The van der Waals surface area contributed by atoms with Gasteiger partial charge in [0.15, 0.2) is 5.60 Å². The lowest BCUT2D eigenvalue weighted by molar-refractivity contribution is -0.126. The van der Waals surface area contributed by atoms with Crippen LogP contribution in [0.15, 0.2) is 34.7 Å². The molecule has 0 aliphatic carbocycles. The summed E-state index contributed by atoms with van der Waals surface area (Å²) in [5.74, 6) is 0.786. The number of carbonyl (C=O) groups excluding carboxylic acids is 1. The van der Waals surface area contributed by atoms with E-state index in [1.165, 1.54) is 4.90 Å². The first-order chi connectivity index (χ1) is 7.95. The predicted octanol–water partition coefficient (Wildman–Crippen LogP) is 3.52. The minimum Gasteiger partial charge on any atom is -0.479 e. The average Bonchev–Trinajstić information content (AvgIpc) is 2.53. The Morgan fingerprint density at radius 3 is 2.18 bits per heavy atom. The van der Waals surface area contributed by atoms with E-state index in [0.29, 0.717) is 11.3 Å². The molecule has 1 aromatic rings. The van der Waals surface area contributed by atoms with Gasteiger partial charge >= 0.3 is 0 Å². The van der Waals surface area contributed by atoms with Crippen molar-refractivity contribution in [2.75, 3.05) is 6.26 Å². The predicted molar refractivity (Wildman–Crippen MR) is 71.0 cm³/mol. The monoisotopic (exact) mass is 248 g/mol. The zero-order valence-corrected chi connectivity index (χ0v) is 11.4. The Morgan fingerprint density at radius 1 is 1.18 bits per heavy atom. The molecule has 0 spiro atoms. The Kier molecular flexibility index (Phi) is 3.04. The fourth-order valence-corrected chi connectivity index (χ4v) is 2.36. The summed E-state index contributed by atoms with van der Waals surface area (Å²) >= 11 is 1.70. The second-order valence-electron chi connectivity index (χ2n) is 4.62. The van der Waals surface area contributed by atoms with Gasteiger partial charge in [0, 0.05) is 16.0 Å². The quantitative estimate of drug-likeness (QED) is 0.749. The first-order valence-corrected chi connectivity index (χ1v) is 6.77. The van der Waals surface area contributed by atoms with E-state index in [4.69, 9.17) is 4.74 Å². The van der Waals surface area contributed by atoms with E-state index in [0.717, 1.165) is 5.56 Å². The third kappa shape index (κ3) is 2.12. The summed E-state index contributed by atoms with van der Waals surface area (Å²) in [6.07, 6.45) is 2.04. The minimum absolute atomic E-state index is 0.0708. The van der Waals surface area contributed by atoms with Crippen molar-refractivity contribution in [3.05, 3.63) is 35.4 Å². The number of carbonyl (C=O) groups is 1. The van der Waals surface area contributed by atoms with E-state index >= 15 is 0 Å². The summed E-state index contributed by atoms with van der Waals surface area (Å²) in [6.45, 7) is 5.44. The van der Waals surface area contributed by atoms with Crippen molar-refractivity contribution < 1.29 is 9.53 Å². The van der Waals surface area contributed by atoms with Crippen molar-refractivity contribution in [1.82, 2.24) is 0 Å². The summed E-state index contributed by atoms with van der Waals surface area (Å²) in [4.78, 5) is 13.2. The maximum absolute atomic E-state index is 11.9. The first-order valence-electron chi connectivity index (χ1n) is 5.55. The van der Waals surface area contributed by atoms with Crippen LogP contribution in [0.3, 0.4) is 0 Å². The molecule has 0 amide bonds. The second-order valence-corrected chi connectivity index (χ2v) is 5.50. The number of hydrogen-bond donors (Lipinski definition) is 0. The summed E-state index contributed by atoms with van der Waals surface area (Å²) in [7, 11) is 0. The Bertz CT molecular complexity index is 483. The van der Waals surface area contributed by atoms with Crippen molar-refractivity contribution >= 4 is 23.3 Å². The highest BCUT2D eigenvalue weighted by molar-refractivity contribution is 7.98. The van der Waals surface area contributed by atoms with E-state index in [-0.39, 0.29) is 5.78 Å². The smallest absolute Gasteiger partial charge is 0.205 e. The van der Waals surface area contributed by atoms with Crippen LogP contribution in [-0.4, -0.2) is 17.6 Å². The van der Waals surface area contributed by atoms with Crippen LogP contribution in [0.25, 0.3) is 5.76 Å². The van der Waals surface area contributed by atoms with E-state index < -0.39 is 5.60 Å². The molecule has 17 heavy (non-hydrogen) atoms. The van der Waals surface area contributed by atoms with Crippen LogP contribution < -0.4 is 0 Å². The van der Waals surface area contributed by atoms with Gasteiger partial charge in [0.1, 0.15) is 5.76 Å². The molecular weight excluding hydrogens is 232 g/mol. The maximum atomic E-state index is 11.9. The SMILES string of the molecule is CSc1ccc(C2=C(C)C(=O)C(C)(C)O2)cc1. The van der Waals surface area contributed by atoms with Gasteiger partial charge < -0.3 is 4.74 Å². The Hall–Kier alpha value is -1.22. The normalized spacial score (nSPS) is 18.5. The number of Topliss-reactive ketones (excluding diaryl/α,β-unsaturated/α-hetero) is 1. The topological polar surface area (TPSA) is 26.3 Å². The summed E-state index contributed by atoms with van der Waals surface area (Å²) in [6, 6.07) is 8.08. The van der Waals surface area contributed by atoms with E-state index in [9.17, 15) is 4.79 Å². The number of ether oxygens (including phenoxy) is 1. The van der Waals surface area contributed by atoms with Gasteiger partial charge in [-0.05, 0) is 39.2 Å². The average molecular weight is 248 g/mol. The maximum Gasteiger partial charge on any atom is 0.205 e. The Labute approximate surface area is 106 Å². The van der Waals surface area contributed by atoms with Gasteiger partial charge in [-0.25, -0.2) is 0 Å². The van der Waals surface area contributed by atoms with Crippen molar-refractivity contribution in [2.45, 2.75) is 31.3 Å². The van der Waals surface area contributed by atoms with E-state index in [2.05, 4.69) is 0 Å². The minimum atomic E-state index is -0.725. The molecule has 0 radical (unpaired) electrons. The van der Waals surface area contributed by atoms with Crippen LogP contribution in [0, 0.1) is 0 Å². The molecule has 1 aromatic carbocycles. The van der Waals surface area contributed by atoms with Crippen LogP contribution in [0.2, 0.25) is 0 Å². The van der Waals surface area contributed by atoms with Crippen LogP contribution in [-0.2, 0) is 9.53 Å². The molecule has 0 saturated carbocycles. The molecule has 0 N–H and O–H groups in total.